The summed E-state index contributed by atoms with van der Waals surface area (Å²) >= 11 is 0. The van der Waals surface area contributed by atoms with Gasteiger partial charge < -0.3 is 20.1 Å². The van der Waals surface area contributed by atoms with Gasteiger partial charge >= 0.3 is 12.0 Å². The van der Waals surface area contributed by atoms with Crippen molar-refractivity contribution in [1.82, 2.24) is 10.2 Å². The third-order valence-electron chi connectivity index (χ3n) is 3.37. The van der Waals surface area contributed by atoms with Crippen molar-refractivity contribution in [2.45, 2.75) is 32.3 Å². The normalized spacial score (nSPS) is 16.8. The monoisotopic (exact) mass is 258 g/mol. The number of aliphatic carboxylic acids is 1. The van der Waals surface area contributed by atoms with Gasteiger partial charge in [0.2, 0.25) is 0 Å². The molecule has 1 unspecified atom stereocenters. The van der Waals surface area contributed by atoms with Crippen LogP contribution in [0.2, 0.25) is 0 Å². The summed E-state index contributed by atoms with van der Waals surface area (Å²) < 4.78 is 4.76. The zero-order chi connectivity index (χ0) is 13.5. The fraction of sp³-hybridized carbons (Fsp3) is 0.833. The van der Waals surface area contributed by atoms with Crippen LogP contribution in [0.1, 0.15) is 26.2 Å². The summed E-state index contributed by atoms with van der Waals surface area (Å²) in [6, 6.07) is -0.215. The van der Waals surface area contributed by atoms with E-state index in [9.17, 15) is 9.59 Å². The van der Waals surface area contributed by atoms with Crippen molar-refractivity contribution < 1.29 is 19.4 Å². The van der Waals surface area contributed by atoms with Gasteiger partial charge in [-0.15, -0.1) is 0 Å². The topological polar surface area (TPSA) is 78.9 Å². The van der Waals surface area contributed by atoms with E-state index in [0.717, 1.165) is 6.54 Å². The molecule has 0 aliphatic heterocycles. The van der Waals surface area contributed by atoms with Crippen LogP contribution in [0.5, 0.6) is 0 Å². The lowest BCUT2D eigenvalue weighted by molar-refractivity contribution is -0.148. The molecule has 0 bridgehead atoms. The SMILES string of the molecule is CCN(CC1CCC1)C(=O)NCC(OC)C(=O)O. The van der Waals surface area contributed by atoms with E-state index in [-0.39, 0.29) is 12.6 Å². The average molecular weight is 258 g/mol. The van der Waals surface area contributed by atoms with Crippen molar-refractivity contribution in [1.29, 1.82) is 0 Å². The molecule has 0 aromatic carbocycles. The number of hydrogen-bond donors (Lipinski definition) is 2. The van der Waals surface area contributed by atoms with E-state index in [0.29, 0.717) is 12.5 Å². The second kappa shape index (κ2) is 7.20. The van der Waals surface area contributed by atoms with Gasteiger partial charge in [-0.05, 0) is 25.7 Å². The standard InChI is InChI=1S/C12H22N2O4/c1-3-14(8-9-5-4-6-9)12(17)13-7-10(18-2)11(15)16/h9-10H,3-8H2,1-2H3,(H,13,17)(H,15,16). The molecule has 1 aliphatic carbocycles. The van der Waals surface area contributed by atoms with Crippen LogP contribution in [-0.4, -0.2) is 54.9 Å². The van der Waals surface area contributed by atoms with E-state index in [1.807, 2.05) is 6.92 Å². The molecule has 6 heteroatoms. The minimum atomic E-state index is -1.07. The minimum absolute atomic E-state index is 0.00810. The molecule has 18 heavy (non-hydrogen) atoms. The molecule has 6 nitrogen and oxygen atoms in total. The Kier molecular flexibility index (Phi) is 5.91. The molecule has 0 spiro atoms. The number of rotatable bonds is 7. The predicted molar refractivity (Wildman–Crippen MR) is 66.4 cm³/mol. The lowest BCUT2D eigenvalue weighted by atomic mass is 9.85. The summed E-state index contributed by atoms with van der Waals surface area (Å²) in [5.74, 6) is -0.465. The average Bonchev–Trinajstić information content (AvgIpc) is 2.28. The predicted octanol–water partition coefficient (Wildman–Crippen LogP) is 0.918. The number of carbonyl (C=O) groups excluding carboxylic acids is 1. The number of hydrogen-bond acceptors (Lipinski definition) is 3. The van der Waals surface area contributed by atoms with Crippen molar-refractivity contribution in [3.63, 3.8) is 0 Å². The molecule has 2 amide bonds. The number of carboxylic acids is 1. The summed E-state index contributed by atoms with van der Waals surface area (Å²) in [4.78, 5) is 24.3. The molecule has 104 valence electrons. The second-order valence-corrected chi connectivity index (χ2v) is 4.58. The van der Waals surface area contributed by atoms with Crippen LogP contribution >= 0.6 is 0 Å². The Morgan fingerprint density at radius 3 is 2.56 bits per heavy atom. The van der Waals surface area contributed by atoms with Gasteiger partial charge in [0.1, 0.15) is 0 Å². The van der Waals surface area contributed by atoms with Crippen molar-refractivity contribution in [2.75, 3.05) is 26.7 Å². The van der Waals surface area contributed by atoms with Crippen molar-refractivity contribution >= 4 is 12.0 Å². The first-order valence-electron chi connectivity index (χ1n) is 6.36. The molecule has 0 radical (unpaired) electrons. The van der Waals surface area contributed by atoms with E-state index in [2.05, 4.69) is 5.32 Å². The van der Waals surface area contributed by atoms with Crippen molar-refractivity contribution in [3.05, 3.63) is 0 Å². The number of nitrogens with one attached hydrogen (secondary N) is 1. The van der Waals surface area contributed by atoms with Crippen molar-refractivity contribution in [3.8, 4) is 0 Å². The fourth-order valence-electron chi connectivity index (χ4n) is 1.91. The minimum Gasteiger partial charge on any atom is -0.479 e. The first-order chi connectivity index (χ1) is 8.58. The van der Waals surface area contributed by atoms with Gasteiger partial charge in [-0.25, -0.2) is 9.59 Å². The molecule has 1 fully saturated rings. The molecule has 1 atom stereocenters. The van der Waals surface area contributed by atoms with Gasteiger partial charge in [-0.2, -0.15) is 0 Å². The number of ether oxygens (including phenoxy) is 1. The first-order valence-corrected chi connectivity index (χ1v) is 6.36. The number of carboxylic acid groups (broad SMARTS) is 1. The smallest absolute Gasteiger partial charge is 0.334 e. The summed E-state index contributed by atoms with van der Waals surface area (Å²) in [5.41, 5.74) is 0. The maximum atomic E-state index is 11.9. The molecule has 2 N–H and O–H groups in total. The Balaban J connectivity index is 2.34. The Bertz CT molecular complexity index is 292. The molecule has 0 aromatic heterocycles. The lowest BCUT2D eigenvalue weighted by Gasteiger charge is -2.32. The molecule has 1 rings (SSSR count). The van der Waals surface area contributed by atoms with E-state index in [1.165, 1.54) is 26.4 Å². The summed E-state index contributed by atoms with van der Waals surface area (Å²) in [6.45, 7) is 3.30. The summed E-state index contributed by atoms with van der Waals surface area (Å²) in [6.07, 6.45) is 2.62. The van der Waals surface area contributed by atoms with Gasteiger partial charge in [0, 0.05) is 20.2 Å². The number of amides is 2. The van der Waals surface area contributed by atoms with E-state index in [1.54, 1.807) is 4.90 Å². The maximum Gasteiger partial charge on any atom is 0.334 e. The Labute approximate surface area is 107 Å². The van der Waals surface area contributed by atoms with Gasteiger partial charge in [0.05, 0.1) is 6.54 Å². The molecule has 0 aromatic rings. The van der Waals surface area contributed by atoms with E-state index >= 15 is 0 Å². The highest BCUT2D eigenvalue weighted by Crippen LogP contribution is 2.26. The van der Waals surface area contributed by atoms with Gasteiger partial charge in [-0.1, -0.05) is 6.42 Å². The third kappa shape index (κ3) is 4.18. The number of methoxy groups -OCH3 is 1. The van der Waals surface area contributed by atoms with E-state index in [4.69, 9.17) is 9.84 Å². The Hall–Kier alpha value is -1.30. The highest BCUT2D eigenvalue weighted by molar-refractivity contribution is 5.77. The van der Waals surface area contributed by atoms with Gasteiger partial charge in [0.15, 0.2) is 6.10 Å². The maximum absolute atomic E-state index is 11.9. The third-order valence-corrected chi connectivity index (χ3v) is 3.37. The summed E-state index contributed by atoms with van der Waals surface area (Å²) in [5, 5.41) is 11.4. The van der Waals surface area contributed by atoms with Crippen LogP contribution in [0.4, 0.5) is 4.79 Å². The molecular weight excluding hydrogens is 236 g/mol. The van der Waals surface area contributed by atoms with Crippen LogP contribution in [0, 0.1) is 5.92 Å². The highest BCUT2D eigenvalue weighted by atomic mass is 16.5. The highest BCUT2D eigenvalue weighted by Gasteiger charge is 2.24. The largest absolute Gasteiger partial charge is 0.479 e. The quantitative estimate of drug-likeness (QED) is 0.711. The number of carbonyl (C=O) groups is 2. The second-order valence-electron chi connectivity index (χ2n) is 4.58. The van der Waals surface area contributed by atoms with E-state index < -0.39 is 12.1 Å². The van der Waals surface area contributed by atoms with Crippen LogP contribution in [0.25, 0.3) is 0 Å². The lowest BCUT2D eigenvalue weighted by Crippen LogP contribution is -2.47. The van der Waals surface area contributed by atoms with Crippen molar-refractivity contribution in [2.24, 2.45) is 5.92 Å². The Morgan fingerprint density at radius 1 is 1.50 bits per heavy atom. The van der Waals surface area contributed by atoms with Crippen LogP contribution in [-0.2, 0) is 9.53 Å². The number of urea groups is 1. The molecular formula is C12H22N2O4. The van der Waals surface area contributed by atoms with Crippen LogP contribution < -0.4 is 5.32 Å². The first kappa shape index (κ1) is 14.8. The zero-order valence-corrected chi connectivity index (χ0v) is 11.0. The number of nitrogens with zero attached hydrogens (tertiary/aromatic N) is 1. The zero-order valence-electron chi connectivity index (χ0n) is 11.0. The van der Waals surface area contributed by atoms with Crippen LogP contribution in [0.3, 0.4) is 0 Å². The Morgan fingerprint density at radius 2 is 2.17 bits per heavy atom. The fourth-order valence-corrected chi connectivity index (χ4v) is 1.91. The van der Waals surface area contributed by atoms with Gasteiger partial charge in [0.25, 0.3) is 0 Å². The molecule has 1 aliphatic rings. The molecule has 1 saturated carbocycles. The molecule has 0 saturated heterocycles. The van der Waals surface area contributed by atoms with Gasteiger partial charge in [-0.3, -0.25) is 0 Å². The van der Waals surface area contributed by atoms with Crippen LogP contribution in [0.15, 0.2) is 0 Å². The summed E-state index contributed by atoms with van der Waals surface area (Å²) in [7, 11) is 1.32. The molecule has 0 heterocycles.